The molecule has 3 heteroatoms. The highest BCUT2D eigenvalue weighted by Gasteiger charge is 1.97. The molecule has 0 aliphatic heterocycles. The second-order valence-corrected chi connectivity index (χ2v) is 2.39. The Morgan fingerprint density at radius 3 is 2.82 bits per heavy atom. The van der Waals surface area contributed by atoms with Gasteiger partial charge in [-0.3, -0.25) is 4.84 Å². The third kappa shape index (κ3) is 2.00. The summed E-state index contributed by atoms with van der Waals surface area (Å²) in [6.07, 6.45) is 0. The average Bonchev–Trinajstić information content (AvgIpc) is 1.98. The van der Waals surface area contributed by atoms with Gasteiger partial charge in [0.15, 0.2) is 0 Å². The summed E-state index contributed by atoms with van der Waals surface area (Å²) in [5.41, 5.74) is 1.38. The molecule has 0 spiro atoms. The minimum atomic E-state index is -0.223. The van der Waals surface area contributed by atoms with Crippen LogP contribution in [0.4, 0.5) is 4.39 Å². The van der Waals surface area contributed by atoms with Gasteiger partial charge < -0.3 is 0 Å². The number of rotatable bonds is 2. The van der Waals surface area contributed by atoms with Crippen molar-refractivity contribution < 1.29 is 9.23 Å². The first-order valence-corrected chi connectivity index (χ1v) is 3.30. The fourth-order valence-corrected chi connectivity index (χ4v) is 0.822. The molecule has 0 unspecified atom stereocenters. The van der Waals surface area contributed by atoms with Gasteiger partial charge in [-0.1, -0.05) is 12.1 Å². The average molecular weight is 155 g/mol. The van der Waals surface area contributed by atoms with Gasteiger partial charge in [0.05, 0.1) is 6.61 Å². The second-order valence-electron chi connectivity index (χ2n) is 2.39. The van der Waals surface area contributed by atoms with Gasteiger partial charge in [0.25, 0.3) is 0 Å². The standard InChI is InChI=1S/C8H10FNO/c1-6-2-3-7(5-11-10)4-8(6)9/h2-4H,5,10H2,1H3. The molecule has 0 heterocycles. The first kappa shape index (κ1) is 8.17. The van der Waals surface area contributed by atoms with Crippen LogP contribution in [0.5, 0.6) is 0 Å². The van der Waals surface area contributed by atoms with Gasteiger partial charge in [-0.2, -0.15) is 0 Å². The lowest BCUT2D eigenvalue weighted by atomic mass is 10.1. The van der Waals surface area contributed by atoms with Gasteiger partial charge in [0.1, 0.15) is 5.82 Å². The third-order valence-electron chi connectivity index (χ3n) is 1.49. The molecule has 0 radical (unpaired) electrons. The molecular formula is C8H10FNO. The van der Waals surface area contributed by atoms with Crippen molar-refractivity contribution in [3.63, 3.8) is 0 Å². The second kappa shape index (κ2) is 3.46. The zero-order valence-corrected chi connectivity index (χ0v) is 6.30. The van der Waals surface area contributed by atoms with Gasteiger partial charge in [0, 0.05) is 0 Å². The molecule has 0 amide bonds. The van der Waals surface area contributed by atoms with E-state index in [2.05, 4.69) is 4.84 Å². The van der Waals surface area contributed by atoms with Gasteiger partial charge in [-0.15, -0.1) is 0 Å². The van der Waals surface area contributed by atoms with E-state index in [-0.39, 0.29) is 12.4 Å². The van der Waals surface area contributed by atoms with E-state index in [4.69, 9.17) is 5.90 Å². The molecule has 0 bridgehead atoms. The highest BCUT2D eigenvalue weighted by Crippen LogP contribution is 2.09. The molecule has 11 heavy (non-hydrogen) atoms. The van der Waals surface area contributed by atoms with Crippen LogP contribution in [0.15, 0.2) is 18.2 Å². The monoisotopic (exact) mass is 155 g/mol. The fourth-order valence-electron chi connectivity index (χ4n) is 0.822. The van der Waals surface area contributed by atoms with Crippen LogP contribution in [0.3, 0.4) is 0 Å². The van der Waals surface area contributed by atoms with E-state index in [1.807, 2.05) is 0 Å². The normalized spacial score (nSPS) is 10.1. The summed E-state index contributed by atoms with van der Waals surface area (Å²) < 4.78 is 12.8. The lowest BCUT2D eigenvalue weighted by Gasteiger charge is -2.00. The Hall–Kier alpha value is -0.930. The van der Waals surface area contributed by atoms with Gasteiger partial charge >= 0.3 is 0 Å². The van der Waals surface area contributed by atoms with Gasteiger partial charge in [0.2, 0.25) is 0 Å². The van der Waals surface area contributed by atoms with Crippen LogP contribution in [0.1, 0.15) is 11.1 Å². The van der Waals surface area contributed by atoms with E-state index < -0.39 is 0 Å². The van der Waals surface area contributed by atoms with Crippen molar-refractivity contribution >= 4 is 0 Å². The summed E-state index contributed by atoms with van der Waals surface area (Å²) >= 11 is 0. The minimum Gasteiger partial charge on any atom is -0.300 e. The molecule has 0 saturated heterocycles. The molecule has 0 aliphatic rings. The van der Waals surface area contributed by atoms with E-state index in [1.165, 1.54) is 6.07 Å². The number of hydrogen-bond acceptors (Lipinski definition) is 2. The molecule has 2 N–H and O–H groups in total. The SMILES string of the molecule is Cc1ccc(CON)cc1F. The molecule has 0 atom stereocenters. The van der Waals surface area contributed by atoms with Crippen LogP contribution in [0.2, 0.25) is 0 Å². The Morgan fingerprint density at radius 2 is 2.27 bits per heavy atom. The minimum absolute atomic E-state index is 0.223. The predicted octanol–water partition coefficient (Wildman–Crippen LogP) is 1.52. The maximum atomic E-state index is 12.8. The molecular weight excluding hydrogens is 145 g/mol. The summed E-state index contributed by atoms with van der Waals surface area (Å²) in [6.45, 7) is 1.96. The highest BCUT2D eigenvalue weighted by molar-refractivity contribution is 5.22. The first-order chi connectivity index (χ1) is 5.24. The quantitative estimate of drug-likeness (QED) is 0.657. The van der Waals surface area contributed by atoms with E-state index in [1.54, 1.807) is 19.1 Å². The molecule has 1 rings (SSSR count). The number of benzene rings is 1. The Morgan fingerprint density at radius 1 is 1.55 bits per heavy atom. The van der Waals surface area contributed by atoms with Crippen molar-refractivity contribution in [1.29, 1.82) is 0 Å². The van der Waals surface area contributed by atoms with Gasteiger partial charge in [-0.05, 0) is 24.1 Å². The summed E-state index contributed by atoms with van der Waals surface area (Å²) in [6, 6.07) is 4.90. The Kier molecular flexibility index (Phi) is 2.57. The van der Waals surface area contributed by atoms with Gasteiger partial charge in [-0.25, -0.2) is 10.3 Å². The summed E-state index contributed by atoms with van der Waals surface area (Å²) in [5, 5.41) is 0. The Bertz CT molecular complexity index is 250. The van der Waals surface area contributed by atoms with Crippen molar-refractivity contribution in [3.8, 4) is 0 Å². The maximum Gasteiger partial charge on any atom is 0.126 e. The first-order valence-electron chi connectivity index (χ1n) is 3.30. The molecule has 0 saturated carbocycles. The zero-order valence-electron chi connectivity index (χ0n) is 6.30. The van der Waals surface area contributed by atoms with Crippen LogP contribution in [0.25, 0.3) is 0 Å². The molecule has 0 aliphatic carbocycles. The predicted molar refractivity (Wildman–Crippen MR) is 40.1 cm³/mol. The van der Waals surface area contributed by atoms with E-state index in [9.17, 15) is 4.39 Å². The van der Waals surface area contributed by atoms with Crippen molar-refractivity contribution in [2.75, 3.05) is 0 Å². The van der Waals surface area contributed by atoms with Crippen LogP contribution >= 0.6 is 0 Å². The number of nitrogens with two attached hydrogens (primary N) is 1. The molecule has 0 fully saturated rings. The smallest absolute Gasteiger partial charge is 0.126 e. The zero-order chi connectivity index (χ0) is 8.27. The fraction of sp³-hybridized carbons (Fsp3) is 0.250. The summed E-state index contributed by atoms with van der Waals surface area (Å²) in [7, 11) is 0. The lowest BCUT2D eigenvalue weighted by Crippen LogP contribution is -1.99. The molecule has 60 valence electrons. The van der Waals surface area contributed by atoms with Crippen molar-refractivity contribution in [3.05, 3.63) is 35.1 Å². The van der Waals surface area contributed by atoms with Crippen LogP contribution in [-0.2, 0) is 11.4 Å². The molecule has 1 aromatic rings. The van der Waals surface area contributed by atoms with Crippen LogP contribution in [0, 0.1) is 12.7 Å². The van der Waals surface area contributed by atoms with Crippen molar-refractivity contribution in [1.82, 2.24) is 0 Å². The molecule has 1 aromatic carbocycles. The Balaban J connectivity index is 2.86. The highest BCUT2D eigenvalue weighted by atomic mass is 19.1. The van der Waals surface area contributed by atoms with Crippen molar-refractivity contribution in [2.45, 2.75) is 13.5 Å². The number of aryl methyl sites for hydroxylation is 1. The topological polar surface area (TPSA) is 35.2 Å². The largest absolute Gasteiger partial charge is 0.300 e. The Labute approximate surface area is 64.7 Å². The van der Waals surface area contributed by atoms with E-state index in [0.717, 1.165) is 5.56 Å². The number of hydrogen-bond donors (Lipinski definition) is 1. The van der Waals surface area contributed by atoms with Crippen molar-refractivity contribution in [2.24, 2.45) is 5.90 Å². The lowest BCUT2D eigenvalue weighted by molar-refractivity contribution is 0.124. The van der Waals surface area contributed by atoms with Crippen LogP contribution in [-0.4, -0.2) is 0 Å². The van der Waals surface area contributed by atoms with Crippen LogP contribution < -0.4 is 5.90 Å². The number of halogens is 1. The molecule has 2 nitrogen and oxygen atoms in total. The van der Waals surface area contributed by atoms with E-state index >= 15 is 0 Å². The van der Waals surface area contributed by atoms with E-state index in [0.29, 0.717) is 5.56 Å². The molecule has 0 aromatic heterocycles. The summed E-state index contributed by atoms with van der Waals surface area (Å²) in [4.78, 5) is 4.36. The third-order valence-corrected chi connectivity index (χ3v) is 1.49. The maximum absolute atomic E-state index is 12.8. The summed E-state index contributed by atoms with van der Waals surface area (Å²) in [5.74, 6) is 4.60.